The van der Waals surface area contributed by atoms with Gasteiger partial charge in [0.2, 0.25) is 0 Å². The lowest BCUT2D eigenvalue weighted by Gasteiger charge is -1.99. The highest BCUT2D eigenvalue weighted by atomic mass is 16.6. The van der Waals surface area contributed by atoms with Crippen LogP contribution in [0.5, 0.6) is 0 Å². The van der Waals surface area contributed by atoms with Gasteiger partial charge in [-0.2, -0.15) is 0 Å². The second-order valence-electron chi connectivity index (χ2n) is 2.83. The highest BCUT2D eigenvalue weighted by Crippen LogP contribution is 2.16. The molecule has 0 bridgehead atoms. The first-order valence-electron chi connectivity index (χ1n) is 4.24. The van der Waals surface area contributed by atoms with Crippen LogP contribution in [0.2, 0.25) is 0 Å². The van der Waals surface area contributed by atoms with E-state index in [2.05, 4.69) is 4.98 Å². The molecule has 0 aliphatic heterocycles. The quantitative estimate of drug-likeness (QED) is 0.538. The minimum Gasteiger partial charge on any atom is -0.299 e. The van der Waals surface area contributed by atoms with Gasteiger partial charge in [-0.25, -0.2) is 0 Å². The molecule has 0 aromatic carbocycles. The number of aromatic nitrogens is 1. The van der Waals surface area contributed by atoms with Crippen molar-refractivity contribution in [3.8, 4) is 0 Å². The van der Waals surface area contributed by atoms with E-state index in [0.717, 1.165) is 6.20 Å². The van der Waals surface area contributed by atoms with Crippen LogP contribution in [0, 0.1) is 10.1 Å². The zero-order chi connectivity index (χ0) is 10.6. The lowest BCUT2D eigenvalue weighted by molar-refractivity contribution is -0.385. The molecule has 14 heavy (non-hydrogen) atoms. The largest absolute Gasteiger partial charge is 0.299 e. The second-order valence-corrected chi connectivity index (χ2v) is 2.83. The lowest BCUT2D eigenvalue weighted by Crippen LogP contribution is -2.04. The van der Waals surface area contributed by atoms with Gasteiger partial charge in [0.1, 0.15) is 12.0 Å². The van der Waals surface area contributed by atoms with Crippen LogP contribution < -0.4 is 0 Å². The zero-order valence-electron chi connectivity index (χ0n) is 7.77. The fourth-order valence-corrected chi connectivity index (χ4v) is 1.07. The average Bonchev–Trinajstić information content (AvgIpc) is 2.18. The van der Waals surface area contributed by atoms with E-state index < -0.39 is 4.92 Å². The Labute approximate surface area is 80.9 Å². The highest BCUT2D eigenvalue weighted by Gasteiger charge is 2.14. The van der Waals surface area contributed by atoms with E-state index in [4.69, 9.17) is 0 Å². The molecule has 0 atom stereocenters. The van der Waals surface area contributed by atoms with Crippen molar-refractivity contribution in [2.24, 2.45) is 0 Å². The molecule has 0 amide bonds. The number of pyridine rings is 1. The van der Waals surface area contributed by atoms with Gasteiger partial charge < -0.3 is 0 Å². The molecule has 0 spiro atoms. The Morgan fingerprint density at radius 3 is 2.93 bits per heavy atom. The molecule has 1 rings (SSSR count). The average molecular weight is 194 g/mol. The van der Waals surface area contributed by atoms with Gasteiger partial charge in [-0.05, 0) is 6.07 Å². The number of Topliss-reactive ketones (excluding diaryl/α,β-unsaturated/α-hetero) is 1. The van der Waals surface area contributed by atoms with Crippen LogP contribution in [0.4, 0.5) is 5.69 Å². The summed E-state index contributed by atoms with van der Waals surface area (Å²) in [5, 5.41) is 10.5. The third-order valence-corrected chi connectivity index (χ3v) is 1.87. The first-order valence-corrected chi connectivity index (χ1v) is 4.24. The molecule has 1 aromatic rings. The number of nitrogens with zero attached hydrogens (tertiary/aromatic N) is 2. The van der Waals surface area contributed by atoms with Crippen molar-refractivity contribution in [3.63, 3.8) is 0 Å². The van der Waals surface area contributed by atoms with E-state index in [0.29, 0.717) is 12.0 Å². The number of nitro groups is 1. The van der Waals surface area contributed by atoms with Gasteiger partial charge >= 0.3 is 0 Å². The van der Waals surface area contributed by atoms with Gasteiger partial charge in [0, 0.05) is 24.6 Å². The third-order valence-electron chi connectivity index (χ3n) is 1.87. The Morgan fingerprint density at radius 1 is 1.64 bits per heavy atom. The molecule has 5 nitrogen and oxygen atoms in total. The summed E-state index contributed by atoms with van der Waals surface area (Å²) in [5.41, 5.74) is 0.339. The predicted molar refractivity (Wildman–Crippen MR) is 49.9 cm³/mol. The summed E-state index contributed by atoms with van der Waals surface area (Å²) in [6, 6.07) is 1.51. The van der Waals surface area contributed by atoms with Crippen molar-refractivity contribution in [2.45, 2.75) is 19.8 Å². The molecule has 0 aliphatic carbocycles. The van der Waals surface area contributed by atoms with Crippen molar-refractivity contribution in [1.29, 1.82) is 0 Å². The van der Waals surface area contributed by atoms with E-state index in [-0.39, 0.29) is 17.9 Å². The van der Waals surface area contributed by atoms with E-state index in [1.807, 2.05) is 0 Å². The molecule has 0 radical (unpaired) electrons. The lowest BCUT2D eigenvalue weighted by atomic mass is 10.1. The molecule has 0 saturated carbocycles. The molecular weight excluding hydrogens is 184 g/mol. The maximum Gasteiger partial charge on any atom is 0.291 e. The van der Waals surface area contributed by atoms with Crippen LogP contribution in [0.1, 0.15) is 18.9 Å². The third kappa shape index (κ3) is 2.35. The summed E-state index contributed by atoms with van der Waals surface area (Å²) in [6.07, 6.45) is 3.11. The molecule has 0 aliphatic rings. The van der Waals surface area contributed by atoms with Crippen molar-refractivity contribution in [3.05, 3.63) is 34.1 Å². The molecule has 0 N–H and O–H groups in total. The van der Waals surface area contributed by atoms with Gasteiger partial charge in [-0.1, -0.05) is 6.92 Å². The maximum atomic E-state index is 11.1. The number of hydrogen-bond donors (Lipinski definition) is 0. The van der Waals surface area contributed by atoms with Crippen LogP contribution in [0.15, 0.2) is 18.5 Å². The first kappa shape index (κ1) is 10.3. The summed E-state index contributed by atoms with van der Waals surface area (Å²) in [4.78, 5) is 24.8. The number of hydrogen-bond acceptors (Lipinski definition) is 4. The molecule has 0 fully saturated rings. The van der Waals surface area contributed by atoms with Crippen LogP contribution in [0.3, 0.4) is 0 Å². The zero-order valence-corrected chi connectivity index (χ0v) is 7.77. The molecule has 74 valence electrons. The van der Waals surface area contributed by atoms with E-state index >= 15 is 0 Å². The van der Waals surface area contributed by atoms with Gasteiger partial charge in [-0.3, -0.25) is 19.9 Å². The number of rotatable bonds is 4. The summed E-state index contributed by atoms with van der Waals surface area (Å²) in [6.45, 7) is 1.73. The van der Waals surface area contributed by atoms with E-state index in [1.54, 1.807) is 6.92 Å². The van der Waals surface area contributed by atoms with Crippen molar-refractivity contribution < 1.29 is 9.72 Å². The first-order chi connectivity index (χ1) is 6.65. The summed E-state index contributed by atoms with van der Waals surface area (Å²) >= 11 is 0. The molecular formula is C9H10N2O3. The smallest absolute Gasteiger partial charge is 0.291 e. The molecule has 1 aromatic heterocycles. The number of ketones is 1. The van der Waals surface area contributed by atoms with Crippen LogP contribution in [-0.2, 0) is 11.2 Å². The standard InChI is InChI=1S/C9H10N2O3/c1-2-8(12)5-7-3-4-10-6-9(7)11(13)14/h3-4,6H,2,5H2,1H3. The molecule has 0 saturated heterocycles. The number of carbonyl (C=O) groups excluding carboxylic acids is 1. The van der Waals surface area contributed by atoms with Gasteiger partial charge in [0.05, 0.1) is 4.92 Å². The Hall–Kier alpha value is -1.78. The van der Waals surface area contributed by atoms with Crippen LogP contribution in [-0.4, -0.2) is 15.7 Å². The minimum atomic E-state index is -0.523. The SMILES string of the molecule is CCC(=O)Cc1ccncc1[N+](=O)[O-]. The fourth-order valence-electron chi connectivity index (χ4n) is 1.07. The minimum absolute atomic E-state index is 0.0145. The monoisotopic (exact) mass is 194 g/mol. The Morgan fingerprint density at radius 2 is 2.36 bits per heavy atom. The summed E-state index contributed by atoms with van der Waals surface area (Å²) < 4.78 is 0. The maximum absolute atomic E-state index is 11.1. The molecule has 1 heterocycles. The Bertz CT molecular complexity index is 363. The van der Waals surface area contributed by atoms with Crippen molar-refractivity contribution in [2.75, 3.05) is 0 Å². The normalized spacial score (nSPS) is 9.79. The topological polar surface area (TPSA) is 73.1 Å². The van der Waals surface area contributed by atoms with E-state index in [1.165, 1.54) is 12.3 Å². The van der Waals surface area contributed by atoms with E-state index in [9.17, 15) is 14.9 Å². The fraction of sp³-hybridized carbons (Fsp3) is 0.333. The van der Waals surface area contributed by atoms with Gasteiger partial charge in [-0.15, -0.1) is 0 Å². The van der Waals surface area contributed by atoms with Gasteiger partial charge in [0.25, 0.3) is 5.69 Å². The predicted octanol–water partition coefficient (Wildman–Crippen LogP) is 1.51. The molecule has 0 unspecified atom stereocenters. The second kappa shape index (κ2) is 4.45. The van der Waals surface area contributed by atoms with Crippen molar-refractivity contribution >= 4 is 11.5 Å². The van der Waals surface area contributed by atoms with Crippen LogP contribution >= 0.6 is 0 Å². The Kier molecular flexibility index (Phi) is 3.28. The van der Waals surface area contributed by atoms with Gasteiger partial charge in [0.15, 0.2) is 0 Å². The van der Waals surface area contributed by atoms with Crippen LogP contribution in [0.25, 0.3) is 0 Å². The Balaban J connectivity index is 2.95. The highest BCUT2D eigenvalue weighted by molar-refractivity contribution is 5.81. The number of carbonyl (C=O) groups is 1. The summed E-state index contributed by atoms with van der Waals surface area (Å²) in [5.74, 6) is -0.0145. The summed E-state index contributed by atoms with van der Waals surface area (Å²) in [7, 11) is 0. The molecule has 5 heteroatoms. The van der Waals surface area contributed by atoms with Crippen molar-refractivity contribution in [1.82, 2.24) is 4.98 Å².